The van der Waals surface area contributed by atoms with Crippen LogP contribution in [0.5, 0.6) is 5.75 Å². The van der Waals surface area contributed by atoms with E-state index in [1.165, 1.54) is 0 Å². The van der Waals surface area contributed by atoms with E-state index in [1.807, 2.05) is 13.8 Å². The largest absolute Gasteiger partial charge is 0.493 e. The molecule has 0 saturated carbocycles. The van der Waals surface area contributed by atoms with Gasteiger partial charge >= 0.3 is 5.97 Å². The van der Waals surface area contributed by atoms with Gasteiger partial charge in [0.05, 0.1) is 13.2 Å². The molecule has 0 atom stereocenters. The van der Waals surface area contributed by atoms with Crippen LogP contribution in [0.1, 0.15) is 24.2 Å². The minimum atomic E-state index is -0.574. The predicted molar refractivity (Wildman–Crippen MR) is 65.5 cm³/mol. The van der Waals surface area contributed by atoms with E-state index in [2.05, 4.69) is 4.89 Å². The van der Waals surface area contributed by atoms with E-state index in [0.717, 1.165) is 0 Å². The first kappa shape index (κ1) is 14.5. The van der Waals surface area contributed by atoms with Gasteiger partial charge < -0.3 is 9.47 Å². The Hall–Kier alpha value is -1.59. The lowest BCUT2D eigenvalue weighted by Crippen LogP contribution is -2.11. The molecule has 5 nitrogen and oxygen atoms in total. The van der Waals surface area contributed by atoms with Crippen LogP contribution in [0.25, 0.3) is 0 Å². The predicted octanol–water partition coefficient (Wildman–Crippen LogP) is 2.21. The number of hydrogen-bond acceptors (Lipinski definition) is 5. The summed E-state index contributed by atoms with van der Waals surface area (Å²) in [6.45, 7) is 5.40. The van der Waals surface area contributed by atoms with Crippen LogP contribution in [0.2, 0.25) is 0 Å². The van der Waals surface area contributed by atoms with Crippen molar-refractivity contribution in [2.75, 3.05) is 26.4 Å². The summed E-state index contributed by atoms with van der Waals surface area (Å²) in [5.41, 5.74) is 0.343. The van der Waals surface area contributed by atoms with E-state index in [0.29, 0.717) is 31.1 Å². The van der Waals surface area contributed by atoms with Crippen molar-refractivity contribution in [3.63, 3.8) is 0 Å². The molecule has 0 amide bonds. The number of ether oxygens (including phenoxy) is 2. The number of hydrogen-bond donors (Lipinski definition) is 0. The van der Waals surface area contributed by atoms with Crippen molar-refractivity contribution in [3.05, 3.63) is 29.8 Å². The van der Waals surface area contributed by atoms with Crippen molar-refractivity contribution in [1.29, 1.82) is 0 Å². The lowest BCUT2D eigenvalue weighted by molar-refractivity contribution is -0.247. The molecule has 0 aliphatic rings. The Balaban J connectivity index is 2.45. The fourth-order valence-electron chi connectivity index (χ4n) is 1.29. The highest BCUT2D eigenvalue weighted by Gasteiger charge is 2.14. The SMILES string of the molecule is CCOCCOOC(=O)c1ccccc1OCC. The summed E-state index contributed by atoms with van der Waals surface area (Å²) in [5, 5.41) is 0. The molecule has 1 aromatic carbocycles. The number of rotatable bonds is 8. The third-order valence-corrected chi connectivity index (χ3v) is 2.06. The van der Waals surface area contributed by atoms with Gasteiger partial charge in [-0.15, -0.1) is 0 Å². The first-order valence-electron chi connectivity index (χ1n) is 5.93. The Kier molecular flexibility index (Phi) is 6.83. The van der Waals surface area contributed by atoms with Crippen LogP contribution in [0, 0.1) is 0 Å². The second kappa shape index (κ2) is 8.49. The lowest BCUT2D eigenvalue weighted by Gasteiger charge is -2.08. The molecule has 0 heterocycles. The Morgan fingerprint density at radius 3 is 2.61 bits per heavy atom. The van der Waals surface area contributed by atoms with Gasteiger partial charge in [-0.3, -0.25) is 4.89 Å². The van der Waals surface area contributed by atoms with Gasteiger partial charge in [0.2, 0.25) is 0 Å². The Morgan fingerprint density at radius 2 is 1.89 bits per heavy atom. The quantitative estimate of drug-likeness (QED) is 0.404. The van der Waals surface area contributed by atoms with Gasteiger partial charge in [0.1, 0.15) is 17.9 Å². The monoisotopic (exact) mass is 254 g/mol. The molecule has 1 aromatic rings. The third kappa shape index (κ3) is 4.73. The molecule has 0 bridgehead atoms. The Labute approximate surface area is 107 Å². The third-order valence-electron chi connectivity index (χ3n) is 2.06. The van der Waals surface area contributed by atoms with Gasteiger partial charge in [-0.2, -0.15) is 4.89 Å². The molecular formula is C13H18O5. The number of benzene rings is 1. The van der Waals surface area contributed by atoms with Gasteiger partial charge in [0, 0.05) is 6.61 Å². The van der Waals surface area contributed by atoms with E-state index >= 15 is 0 Å². The summed E-state index contributed by atoms with van der Waals surface area (Å²) in [7, 11) is 0. The maximum absolute atomic E-state index is 11.7. The summed E-state index contributed by atoms with van der Waals surface area (Å²) in [4.78, 5) is 21.1. The maximum Gasteiger partial charge on any atom is 0.376 e. The molecule has 0 aliphatic carbocycles. The smallest absolute Gasteiger partial charge is 0.376 e. The average molecular weight is 254 g/mol. The zero-order chi connectivity index (χ0) is 13.2. The van der Waals surface area contributed by atoms with Gasteiger partial charge in [-0.25, -0.2) is 4.79 Å². The van der Waals surface area contributed by atoms with Gasteiger partial charge in [-0.1, -0.05) is 12.1 Å². The molecule has 18 heavy (non-hydrogen) atoms. The summed E-state index contributed by atoms with van der Waals surface area (Å²) in [6.07, 6.45) is 0. The van der Waals surface area contributed by atoms with E-state index in [1.54, 1.807) is 24.3 Å². The summed E-state index contributed by atoms with van der Waals surface area (Å²) < 4.78 is 10.4. The standard InChI is InChI=1S/C13H18O5/c1-3-15-9-10-17-18-13(14)11-7-5-6-8-12(11)16-4-2/h5-8H,3-4,9-10H2,1-2H3. The van der Waals surface area contributed by atoms with E-state index in [9.17, 15) is 4.79 Å². The minimum absolute atomic E-state index is 0.205. The number of carbonyl (C=O) groups excluding carboxylic acids is 1. The molecule has 0 radical (unpaired) electrons. The normalized spacial score (nSPS) is 10.1. The van der Waals surface area contributed by atoms with E-state index < -0.39 is 5.97 Å². The molecular weight excluding hydrogens is 236 g/mol. The maximum atomic E-state index is 11.7. The molecule has 0 fully saturated rings. The van der Waals surface area contributed by atoms with Crippen LogP contribution in [0.4, 0.5) is 0 Å². The summed E-state index contributed by atoms with van der Waals surface area (Å²) >= 11 is 0. The Morgan fingerprint density at radius 1 is 1.11 bits per heavy atom. The summed E-state index contributed by atoms with van der Waals surface area (Å²) in [5.74, 6) is -0.0889. The van der Waals surface area contributed by atoms with Crippen LogP contribution in [-0.2, 0) is 14.5 Å². The number of para-hydroxylation sites is 1. The Bertz CT molecular complexity index is 364. The van der Waals surface area contributed by atoms with Crippen LogP contribution in [-0.4, -0.2) is 32.4 Å². The van der Waals surface area contributed by atoms with Crippen LogP contribution < -0.4 is 4.74 Å². The van der Waals surface area contributed by atoms with Crippen LogP contribution in [0.3, 0.4) is 0 Å². The molecule has 100 valence electrons. The highest BCUT2D eigenvalue weighted by atomic mass is 17.2. The topological polar surface area (TPSA) is 54.0 Å². The van der Waals surface area contributed by atoms with Crippen molar-refractivity contribution in [3.8, 4) is 5.75 Å². The summed E-state index contributed by atoms with van der Waals surface area (Å²) in [6, 6.07) is 6.86. The van der Waals surface area contributed by atoms with Crippen molar-refractivity contribution >= 4 is 5.97 Å². The van der Waals surface area contributed by atoms with Crippen molar-refractivity contribution < 1.29 is 24.0 Å². The first-order valence-corrected chi connectivity index (χ1v) is 5.93. The lowest BCUT2D eigenvalue weighted by atomic mass is 10.2. The van der Waals surface area contributed by atoms with Crippen LogP contribution in [0.15, 0.2) is 24.3 Å². The van der Waals surface area contributed by atoms with Crippen molar-refractivity contribution in [2.45, 2.75) is 13.8 Å². The molecule has 1 rings (SSSR count). The molecule has 0 aliphatic heterocycles. The minimum Gasteiger partial charge on any atom is -0.493 e. The molecule has 0 unspecified atom stereocenters. The molecule has 0 N–H and O–H groups in total. The van der Waals surface area contributed by atoms with Gasteiger partial charge in [0.25, 0.3) is 0 Å². The second-order valence-electron chi connectivity index (χ2n) is 3.32. The van der Waals surface area contributed by atoms with E-state index in [-0.39, 0.29) is 6.61 Å². The fourth-order valence-corrected chi connectivity index (χ4v) is 1.29. The van der Waals surface area contributed by atoms with Gasteiger partial charge in [-0.05, 0) is 26.0 Å². The highest BCUT2D eigenvalue weighted by Crippen LogP contribution is 2.18. The van der Waals surface area contributed by atoms with Crippen LogP contribution >= 0.6 is 0 Å². The van der Waals surface area contributed by atoms with Crippen molar-refractivity contribution in [2.24, 2.45) is 0 Å². The zero-order valence-electron chi connectivity index (χ0n) is 10.7. The van der Waals surface area contributed by atoms with Gasteiger partial charge in [0.15, 0.2) is 0 Å². The number of carbonyl (C=O) groups is 1. The molecule has 0 saturated heterocycles. The highest BCUT2D eigenvalue weighted by molar-refractivity contribution is 5.92. The first-order chi connectivity index (χ1) is 8.79. The molecule has 0 spiro atoms. The van der Waals surface area contributed by atoms with E-state index in [4.69, 9.17) is 14.4 Å². The zero-order valence-corrected chi connectivity index (χ0v) is 10.7. The molecule has 0 aromatic heterocycles. The average Bonchev–Trinajstić information content (AvgIpc) is 2.39. The van der Waals surface area contributed by atoms with Crippen molar-refractivity contribution in [1.82, 2.24) is 0 Å². The second-order valence-corrected chi connectivity index (χ2v) is 3.32. The fraction of sp³-hybridized carbons (Fsp3) is 0.462. The molecule has 5 heteroatoms.